The Hall–Kier alpha value is -1.76. The van der Waals surface area contributed by atoms with E-state index in [2.05, 4.69) is 5.32 Å². The predicted molar refractivity (Wildman–Crippen MR) is 85.4 cm³/mol. The highest BCUT2D eigenvalue weighted by Crippen LogP contribution is 2.40. The Morgan fingerprint density at radius 3 is 2.68 bits per heavy atom. The van der Waals surface area contributed by atoms with Crippen LogP contribution in [-0.4, -0.2) is 31.4 Å². The number of benzene rings is 1. The van der Waals surface area contributed by atoms with E-state index in [-0.39, 0.29) is 6.04 Å². The second-order valence-electron chi connectivity index (χ2n) is 6.40. The zero-order chi connectivity index (χ0) is 16.7. The van der Waals surface area contributed by atoms with Gasteiger partial charge in [-0.1, -0.05) is 0 Å². The lowest BCUT2D eigenvalue weighted by Gasteiger charge is -2.38. The third-order valence-electron chi connectivity index (χ3n) is 3.82. The van der Waals surface area contributed by atoms with Crippen molar-refractivity contribution in [2.24, 2.45) is 0 Å². The number of nitrogen functional groups attached to an aromatic ring is 1. The van der Waals surface area contributed by atoms with Gasteiger partial charge in [0.2, 0.25) is 5.91 Å². The van der Waals surface area contributed by atoms with E-state index in [1.165, 1.54) is 6.92 Å². The molecule has 1 amide bonds. The molecule has 1 aromatic rings. The Kier molecular flexibility index (Phi) is 4.12. The van der Waals surface area contributed by atoms with E-state index in [0.29, 0.717) is 17.9 Å². The van der Waals surface area contributed by atoms with Gasteiger partial charge in [0, 0.05) is 23.9 Å². The number of ether oxygens (including phenoxy) is 1. The zero-order valence-corrected chi connectivity index (χ0v) is 14.0. The molecule has 6 nitrogen and oxygen atoms in total. The lowest BCUT2D eigenvalue weighted by molar-refractivity contribution is -0.121. The molecule has 0 fully saturated rings. The molecule has 0 aliphatic carbocycles. The topological polar surface area (TPSA) is 98.5 Å². The van der Waals surface area contributed by atoms with Crippen LogP contribution in [0.2, 0.25) is 0 Å². The summed E-state index contributed by atoms with van der Waals surface area (Å²) in [4.78, 5) is 12.2. The van der Waals surface area contributed by atoms with Gasteiger partial charge >= 0.3 is 0 Å². The van der Waals surface area contributed by atoms with Crippen LogP contribution >= 0.6 is 0 Å². The summed E-state index contributed by atoms with van der Waals surface area (Å²) in [5.74, 6) is 0.140. The second-order valence-corrected chi connectivity index (χ2v) is 8.76. The van der Waals surface area contributed by atoms with Crippen LogP contribution in [0.5, 0.6) is 5.75 Å². The van der Waals surface area contributed by atoms with Gasteiger partial charge in [-0.2, -0.15) is 0 Å². The third kappa shape index (κ3) is 3.52. The minimum atomic E-state index is -3.44. The predicted octanol–water partition coefficient (Wildman–Crippen LogP) is 1.42. The molecule has 2 rings (SSSR count). The molecule has 0 saturated heterocycles. The quantitative estimate of drug-likeness (QED) is 0.819. The van der Waals surface area contributed by atoms with E-state index in [9.17, 15) is 13.2 Å². The molecule has 3 N–H and O–H groups in total. The number of anilines is 1. The van der Waals surface area contributed by atoms with Gasteiger partial charge in [-0.25, -0.2) is 8.42 Å². The first-order valence-electron chi connectivity index (χ1n) is 7.07. The monoisotopic (exact) mass is 326 g/mol. The maximum absolute atomic E-state index is 12.2. The lowest BCUT2D eigenvalue weighted by Crippen LogP contribution is -2.45. The van der Waals surface area contributed by atoms with Gasteiger partial charge in [0.25, 0.3) is 0 Å². The highest BCUT2D eigenvalue weighted by Gasteiger charge is 2.36. The number of nitrogens with one attached hydrogen (secondary N) is 1. The molecule has 1 aliphatic rings. The summed E-state index contributed by atoms with van der Waals surface area (Å²) in [6.07, 6.45) is 1.59. The maximum Gasteiger partial charge on any atom is 0.238 e. The van der Waals surface area contributed by atoms with Crippen LogP contribution < -0.4 is 15.8 Å². The first-order chi connectivity index (χ1) is 9.99. The van der Waals surface area contributed by atoms with Crippen LogP contribution in [-0.2, 0) is 14.6 Å². The molecular weight excluding hydrogens is 304 g/mol. The second kappa shape index (κ2) is 5.46. The van der Waals surface area contributed by atoms with Crippen molar-refractivity contribution in [2.45, 2.75) is 44.1 Å². The lowest BCUT2D eigenvalue weighted by atomic mass is 9.89. The minimum Gasteiger partial charge on any atom is -0.487 e. The molecule has 2 atom stereocenters. The van der Waals surface area contributed by atoms with Crippen LogP contribution in [0.4, 0.5) is 5.69 Å². The number of hydrogen-bond acceptors (Lipinski definition) is 5. The fourth-order valence-corrected chi connectivity index (χ4v) is 2.94. The van der Waals surface area contributed by atoms with Gasteiger partial charge in [0.05, 0.1) is 6.04 Å². The Labute approximate surface area is 131 Å². The van der Waals surface area contributed by atoms with Gasteiger partial charge in [0.15, 0.2) is 9.84 Å². The molecule has 122 valence electrons. The minimum absolute atomic E-state index is 0.334. The molecule has 7 heteroatoms. The molecule has 2 unspecified atom stereocenters. The van der Waals surface area contributed by atoms with Crippen LogP contribution in [0.15, 0.2) is 18.2 Å². The summed E-state index contributed by atoms with van der Waals surface area (Å²) in [6.45, 7) is 5.23. The summed E-state index contributed by atoms with van der Waals surface area (Å²) in [5, 5.41) is 1.72. The Morgan fingerprint density at radius 2 is 2.09 bits per heavy atom. The maximum atomic E-state index is 12.2. The fraction of sp³-hybridized carbons (Fsp3) is 0.533. The number of amides is 1. The summed E-state index contributed by atoms with van der Waals surface area (Å²) >= 11 is 0. The number of sulfone groups is 1. The van der Waals surface area contributed by atoms with Crippen LogP contribution in [0.1, 0.15) is 38.8 Å². The van der Waals surface area contributed by atoms with Gasteiger partial charge in [-0.05, 0) is 39.0 Å². The molecule has 22 heavy (non-hydrogen) atoms. The van der Waals surface area contributed by atoms with E-state index < -0.39 is 26.6 Å². The SMILES string of the molecule is CC(C(=O)NC1CC(C)(C)Oc2ccc(N)cc21)S(C)(=O)=O. The first kappa shape index (κ1) is 16.6. The van der Waals surface area contributed by atoms with E-state index in [1.54, 1.807) is 18.2 Å². The Morgan fingerprint density at radius 1 is 1.45 bits per heavy atom. The van der Waals surface area contributed by atoms with Crippen molar-refractivity contribution in [3.63, 3.8) is 0 Å². The van der Waals surface area contributed by atoms with Crippen molar-refractivity contribution in [3.05, 3.63) is 23.8 Å². The van der Waals surface area contributed by atoms with Crippen molar-refractivity contribution >= 4 is 21.4 Å². The number of hydrogen-bond donors (Lipinski definition) is 2. The van der Waals surface area contributed by atoms with E-state index in [4.69, 9.17) is 10.5 Å². The number of nitrogens with two attached hydrogens (primary N) is 1. The largest absolute Gasteiger partial charge is 0.487 e. The molecule has 1 heterocycles. The summed E-state index contributed by atoms with van der Waals surface area (Å²) < 4.78 is 29.0. The van der Waals surface area contributed by atoms with E-state index >= 15 is 0 Å². The number of fused-ring (bicyclic) bond motifs is 1. The first-order valence-corrected chi connectivity index (χ1v) is 9.03. The molecule has 0 spiro atoms. The highest BCUT2D eigenvalue weighted by molar-refractivity contribution is 7.92. The van der Waals surface area contributed by atoms with Crippen molar-refractivity contribution in [1.29, 1.82) is 0 Å². The van der Waals surface area contributed by atoms with Crippen molar-refractivity contribution in [3.8, 4) is 5.75 Å². The number of carbonyl (C=O) groups is 1. The average Bonchev–Trinajstić information content (AvgIpc) is 2.36. The zero-order valence-electron chi connectivity index (χ0n) is 13.2. The van der Waals surface area contributed by atoms with Gasteiger partial charge in [-0.15, -0.1) is 0 Å². The average molecular weight is 326 g/mol. The van der Waals surface area contributed by atoms with Crippen LogP contribution in [0, 0.1) is 0 Å². The number of rotatable bonds is 3. The molecule has 0 saturated carbocycles. The molecule has 0 radical (unpaired) electrons. The standard InChI is InChI=1S/C15H22N2O4S/c1-9(22(4,19)20)14(18)17-12-8-15(2,3)21-13-6-5-10(16)7-11(12)13/h5-7,9,12H,8,16H2,1-4H3,(H,17,18). The summed E-state index contributed by atoms with van der Waals surface area (Å²) in [6, 6.07) is 4.92. The van der Waals surface area contributed by atoms with Crippen molar-refractivity contribution < 1.29 is 17.9 Å². The van der Waals surface area contributed by atoms with Crippen LogP contribution in [0.25, 0.3) is 0 Å². The highest BCUT2D eigenvalue weighted by atomic mass is 32.2. The fourth-order valence-electron chi connectivity index (χ4n) is 2.49. The Bertz CT molecular complexity index is 697. The summed E-state index contributed by atoms with van der Waals surface area (Å²) in [7, 11) is -3.44. The normalized spacial score (nSPS) is 21.4. The van der Waals surface area contributed by atoms with Gasteiger partial charge < -0.3 is 15.8 Å². The van der Waals surface area contributed by atoms with E-state index in [0.717, 1.165) is 11.8 Å². The van der Waals surface area contributed by atoms with Crippen LogP contribution in [0.3, 0.4) is 0 Å². The molecule has 0 aromatic heterocycles. The van der Waals surface area contributed by atoms with Crippen molar-refractivity contribution in [2.75, 3.05) is 12.0 Å². The third-order valence-corrected chi connectivity index (χ3v) is 5.32. The molecule has 0 bridgehead atoms. The van der Waals surface area contributed by atoms with E-state index in [1.807, 2.05) is 13.8 Å². The van der Waals surface area contributed by atoms with Gasteiger partial charge in [-0.3, -0.25) is 4.79 Å². The molecule has 1 aromatic carbocycles. The molecule has 1 aliphatic heterocycles. The summed E-state index contributed by atoms with van der Waals surface area (Å²) in [5.41, 5.74) is 6.68. The molecular formula is C15H22N2O4S. The van der Waals surface area contributed by atoms with Crippen molar-refractivity contribution in [1.82, 2.24) is 5.32 Å². The smallest absolute Gasteiger partial charge is 0.238 e. The Balaban J connectivity index is 2.31. The number of carbonyl (C=O) groups excluding carboxylic acids is 1. The van der Waals surface area contributed by atoms with Gasteiger partial charge in [0.1, 0.15) is 16.6 Å².